The molecule has 0 saturated heterocycles. The van der Waals surface area contributed by atoms with Crippen LogP contribution in [0.4, 0.5) is 0 Å². The maximum atomic E-state index is 0. The molecule has 0 saturated carbocycles. The Morgan fingerprint density at radius 3 is 0.375 bits per heavy atom. The Morgan fingerprint density at radius 1 is 0.375 bits per heavy atom. The molecule has 0 aromatic heterocycles. The SMILES string of the molecule is [Cl-].[Cl-].[Cl-].[Cl-].[Cl-].[Cl-].[Er+3].[Ho+3]. The second kappa shape index (κ2) is 65.5. The van der Waals surface area contributed by atoms with Crippen LogP contribution in [-0.4, -0.2) is 0 Å². The van der Waals surface area contributed by atoms with Crippen molar-refractivity contribution in [2.45, 2.75) is 0 Å². The van der Waals surface area contributed by atoms with Gasteiger partial charge in [-0.15, -0.1) is 0 Å². The summed E-state index contributed by atoms with van der Waals surface area (Å²) in [6.45, 7) is 0. The zero-order chi connectivity index (χ0) is 0. The van der Waals surface area contributed by atoms with Crippen LogP contribution >= 0.6 is 0 Å². The molecule has 0 heterocycles. The minimum absolute atomic E-state index is 0. The zero-order valence-corrected chi connectivity index (χ0v) is 11.2. The van der Waals surface area contributed by atoms with E-state index in [4.69, 9.17) is 0 Å². The standard InChI is InChI=1S/6ClH.Er.Ho/h6*1H;;/q;;;;;;2*+3/p-6. The molecule has 0 nitrogen and oxygen atoms in total. The Hall–Kier alpha value is 4.25. The summed E-state index contributed by atoms with van der Waals surface area (Å²) in [5, 5.41) is 0. The molecule has 0 unspecified atom stereocenters. The van der Waals surface area contributed by atoms with Crippen LogP contribution in [0.1, 0.15) is 0 Å². The van der Waals surface area contributed by atoms with Gasteiger partial charge in [-0.05, 0) is 0 Å². The van der Waals surface area contributed by atoms with Gasteiger partial charge in [-0.25, -0.2) is 0 Å². The van der Waals surface area contributed by atoms with Gasteiger partial charge >= 0.3 is 75.0 Å². The Kier molecular flexibility index (Phi) is 703. The third-order valence-electron chi connectivity index (χ3n) is 0. The van der Waals surface area contributed by atoms with Gasteiger partial charge in [0.2, 0.25) is 0 Å². The molecular formula is Cl6ErHo. The van der Waals surface area contributed by atoms with E-state index in [2.05, 4.69) is 0 Å². The number of hydrogen-bond donors (Lipinski definition) is 0. The molecule has 0 aromatic carbocycles. The maximum absolute atomic E-state index is 0. The van der Waals surface area contributed by atoms with E-state index in [1.807, 2.05) is 0 Å². The fraction of sp³-hybridized carbons (Fsp3) is 0. The molecule has 0 atom stereocenters. The molecule has 0 aromatic rings. The van der Waals surface area contributed by atoms with Gasteiger partial charge in [-0.1, -0.05) is 0 Å². The van der Waals surface area contributed by atoms with Crippen molar-refractivity contribution in [3.8, 4) is 0 Å². The summed E-state index contributed by atoms with van der Waals surface area (Å²) in [5.41, 5.74) is 0. The van der Waals surface area contributed by atoms with Crippen molar-refractivity contribution in [1.29, 1.82) is 0 Å². The van der Waals surface area contributed by atoms with Crippen molar-refractivity contribution in [2.24, 2.45) is 0 Å². The van der Waals surface area contributed by atoms with Crippen LogP contribution in [0.3, 0.4) is 0 Å². The van der Waals surface area contributed by atoms with Crippen molar-refractivity contribution in [1.82, 2.24) is 0 Å². The first kappa shape index (κ1) is 85.9. The quantitative estimate of drug-likeness (QED) is 0.266. The van der Waals surface area contributed by atoms with Crippen LogP contribution in [0.5, 0.6) is 0 Å². The first-order valence-electron chi connectivity index (χ1n) is 0. The van der Waals surface area contributed by atoms with Gasteiger partial charge in [-0.3, -0.25) is 0 Å². The van der Waals surface area contributed by atoms with E-state index in [-0.39, 0.29) is 149 Å². The summed E-state index contributed by atoms with van der Waals surface area (Å²) < 4.78 is 0. The average molecular weight is 545 g/mol. The molecule has 1 radical (unpaired) electrons. The molecule has 0 N–H and O–H groups in total. The molecule has 0 fully saturated rings. The number of halogens is 6. The molecular weight excluding hydrogens is 545 g/mol. The summed E-state index contributed by atoms with van der Waals surface area (Å²) in [6, 6.07) is 0. The molecule has 0 aliphatic carbocycles. The maximum Gasteiger partial charge on any atom is 3.00 e. The molecule has 0 spiro atoms. The summed E-state index contributed by atoms with van der Waals surface area (Å²) >= 11 is 0. The minimum atomic E-state index is 0. The van der Waals surface area contributed by atoms with Gasteiger partial charge in [0.05, 0.1) is 0 Å². The number of hydrogen-bond acceptors (Lipinski definition) is 0. The van der Waals surface area contributed by atoms with Crippen molar-refractivity contribution in [2.75, 3.05) is 0 Å². The van der Waals surface area contributed by atoms with Crippen molar-refractivity contribution in [3.05, 3.63) is 0 Å². The van der Waals surface area contributed by atoms with Gasteiger partial charge in [0.1, 0.15) is 0 Å². The third kappa shape index (κ3) is 48.6. The van der Waals surface area contributed by atoms with Crippen LogP contribution in [0.2, 0.25) is 0 Å². The van der Waals surface area contributed by atoms with E-state index < -0.39 is 0 Å². The Morgan fingerprint density at radius 2 is 0.375 bits per heavy atom. The van der Waals surface area contributed by atoms with Crippen LogP contribution in [0.15, 0.2) is 0 Å². The Bertz CT molecular complexity index is 8.49. The minimum Gasteiger partial charge on any atom is -1.00 e. The first-order valence-corrected chi connectivity index (χ1v) is 0. The second-order valence-electron chi connectivity index (χ2n) is 0. The van der Waals surface area contributed by atoms with Crippen LogP contribution in [0, 0.1) is 75.0 Å². The van der Waals surface area contributed by atoms with E-state index in [9.17, 15) is 0 Å². The smallest absolute Gasteiger partial charge is 1.00 e. The second-order valence-corrected chi connectivity index (χ2v) is 0. The summed E-state index contributed by atoms with van der Waals surface area (Å²) in [7, 11) is 0. The van der Waals surface area contributed by atoms with E-state index in [0.717, 1.165) is 0 Å². The summed E-state index contributed by atoms with van der Waals surface area (Å²) in [5.74, 6) is 0. The molecule has 0 amide bonds. The molecule has 0 rings (SSSR count). The summed E-state index contributed by atoms with van der Waals surface area (Å²) in [6.07, 6.45) is 0. The third-order valence-corrected chi connectivity index (χ3v) is 0. The average Bonchev–Trinajstić information content (AvgIpc) is 0. The first-order chi connectivity index (χ1) is 0. The molecule has 0 aliphatic rings. The van der Waals surface area contributed by atoms with Crippen molar-refractivity contribution >= 4 is 0 Å². The zero-order valence-electron chi connectivity index (χ0n) is 2.86. The van der Waals surface area contributed by atoms with E-state index >= 15 is 0 Å². The van der Waals surface area contributed by atoms with Gasteiger partial charge in [0.15, 0.2) is 0 Å². The summed E-state index contributed by atoms with van der Waals surface area (Å²) in [4.78, 5) is 0. The van der Waals surface area contributed by atoms with Gasteiger partial charge in [-0.2, -0.15) is 0 Å². The molecule has 8 heavy (non-hydrogen) atoms. The fourth-order valence-electron chi connectivity index (χ4n) is 0. The van der Waals surface area contributed by atoms with E-state index in [0.29, 0.717) is 0 Å². The normalized spacial score (nSPS) is 0. The van der Waals surface area contributed by atoms with Gasteiger partial charge in [0, 0.05) is 0 Å². The molecule has 65 valence electrons. The van der Waals surface area contributed by atoms with E-state index in [1.54, 1.807) is 0 Å². The van der Waals surface area contributed by atoms with Crippen molar-refractivity contribution in [3.63, 3.8) is 0 Å². The van der Waals surface area contributed by atoms with Gasteiger partial charge in [0.25, 0.3) is 0 Å². The van der Waals surface area contributed by atoms with Crippen LogP contribution < -0.4 is 74.4 Å². The number of rotatable bonds is 0. The van der Waals surface area contributed by atoms with E-state index in [1.165, 1.54) is 0 Å². The molecule has 0 aliphatic heterocycles. The topological polar surface area (TPSA) is 0 Å². The van der Waals surface area contributed by atoms with Crippen LogP contribution in [0.25, 0.3) is 0 Å². The fourth-order valence-corrected chi connectivity index (χ4v) is 0. The predicted octanol–water partition coefficient (Wildman–Crippen LogP) is -18.0. The van der Waals surface area contributed by atoms with Crippen LogP contribution in [-0.2, 0) is 0 Å². The Labute approximate surface area is 146 Å². The predicted molar refractivity (Wildman–Crippen MR) is 0 cm³/mol. The van der Waals surface area contributed by atoms with Crippen molar-refractivity contribution < 1.29 is 149 Å². The monoisotopic (exact) mass is 541 g/mol. The molecule has 0 bridgehead atoms. The Balaban J connectivity index is 0. The van der Waals surface area contributed by atoms with Gasteiger partial charge < -0.3 is 74.4 Å². The largest absolute Gasteiger partial charge is 3.00 e. The molecule has 8 heteroatoms.